The Hall–Kier alpha value is -1.89. The van der Waals surface area contributed by atoms with Crippen LogP contribution < -0.4 is 0 Å². The Labute approximate surface area is 113 Å². The summed E-state index contributed by atoms with van der Waals surface area (Å²) in [5.74, 6) is -2.54. The highest BCUT2D eigenvalue weighted by molar-refractivity contribution is 5.94. The smallest absolute Gasteiger partial charge is 0.395 e. The molecule has 3 nitrogen and oxygen atoms in total. The molecule has 1 aromatic rings. The van der Waals surface area contributed by atoms with E-state index >= 15 is 0 Å². The van der Waals surface area contributed by atoms with Crippen molar-refractivity contribution >= 4 is 5.91 Å². The number of aliphatic hydroxyl groups is 1. The van der Waals surface area contributed by atoms with Crippen LogP contribution in [0.4, 0.5) is 17.6 Å². The van der Waals surface area contributed by atoms with Gasteiger partial charge in [-0.15, -0.1) is 6.58 Å². The van der Waals surface area contributed by atoms with Gasteiger partial charge in [0, 0.05) is 13.1 Å². The molecule has 1 amide bonds. The Morgan fingerprint density at radius 2 is 2.05 bits per heavy atom. The van der Waals surface area contributed by atoms with E-state index in [0.717, 1.165) is 17.0 Å². The Kier molecular flexibility index (Phi) is 5.26. The number of halogens is 4. The van der Waals surface area contributed by atoms with Crippen molar-refractivity contribution in [1.82, 2.24) is 4.90 Å². The summed E-state index contributed by atoms with van der Waals surface area (Å²) < 4.78 is 51.5. The van der Waals surface area contributed by atoms with Gasteiger partial charge in [0.25, 0.3) is 5.91 Å². The number of alkyl halides is 3. The van der Waals surface area contributed by atoms with Crippen molar-refractivity contribution < 1.29 is 27.5 Å². The third kappa shape index (κ3) is 3.57. The third-order valence-electron chi connectivity index (χ3n) is 2.54. The van der Waals surface area contributed by atoms with Crippen LogP contribution in [0.15, 0.2) is 30.9 Å². The first-order valence-electron chi connectivity index (χ1n) is 5.69. The van der Waals surface area contributed by atoms with Crippen molar-refractivity contribution in [3.63, 3.8) is 0 Å². The zero-order valence-electron chi connectivity index (χ0n) is 10.5. The summed E-state index contributed by atoms with van der Waals surface area (Å²) in [6.07, 6.45) is -3.54. The maximum atomic E-state index is 13.8. The van der Waals surface area contributed by atoms with Gasteiger partial charge in [-0.05, 0) is 12.1 Å². The zero-order valence-corrected chi connectivity index (χ0v) is 10.5. The van der Waals surface area contributed by atoms with Gasteiger partial charge in [-0.2, -0.15) is 13.2 Å². The largest absolute Gasteiger partial charge is 0.419 e. The van der Waals surface area contributed by atoms with E-state index in [4.69, 9.17) is 5.11 Å². The average molecular weight is 291 g/mol. The lowest BCUT2D eigenvalue weighted by Gasteiger charge is -2.21. The normalized spacial score (nSPS) is 11.2. The number of carbonyl (C=O) groups excluding carboxylic acids is 1. The topological polar surface area (TPSA) is 40.5 Å². The second kappa shape index (κ2) is 6.51. The molecule has 7 heteroatoms. The molecule has 0 aliphatic carbocycles. The summed E-state index contributed by atoms with van der Waals surface area (Å²) in [7, 11) is 0. The second-order valence-electron chi connectivity index (χ2n) is 3.93. The van der Waals surface area contributed by atoms with E-state index in [2.05, 4.69) is 6.58 Å². The number of nitrogens with zero attached hydrogens (tertiary/aromatic N) is 1. The fourth-order valence-corrected chi connectivity index (χ4v) is 1.64. The molecule has 0 bridgehead atoms. The van der Waals surface area contributed by atoms with Gasteiger partial charge < -0.3 is 10.0 Å². The number of benzene rings is 1. The minimum absolute atomic E-state index is 0.00488. The molecule has 1 aromatic carbocycles. The van der Waals surface area contributed by atoms with Crippen LogP contribution in [0.25, 0.3) is 0 Å². The first kappa shape index (κ1) is 16.2. The molecule has 0 aliphatic rings. The van der Waals surface area contributed by atoms with Crippen LogP contribution in [0.2, 0.25) is 0 Å². The van der Waals surface area contributed by atoms with E-state index in [1.165, 1.54) is 6.08 Å². The van der Waals surface area contributed by atoms with Crippen LogP contribution in [0.1, 0.15) is 15.9 Å². The van der Waals surface area contributed by atoms with E-state index in [1.807, 2.05) is 0 Å². The molecule has 0 heterocycles. The molecule has 0 spiro atoms. The van der Waals surface area contributed by atoms with Crippen LogP contribution in [0.3, 0.4) is 0 Å². The molecular formula is C13H13F4NO2. The number of hydrogen-bond donors (Lipinski definition) is 1. The van der Waals surface area contributed by atoms with Crippen LogP contribution >= 0.6 is 0 Å². The fraction of sp³-hybridized carbons (Fsp3) is 0.308. The lowest BCUT2D eigenvalue weighted by molar-refractivity contribution is -0.140. The maximum absolute atomic E-state index is 13.8. The monoisotopic (exact) mass is 291 g/mol. The molecule has 0 unspecified atom stereocenters. The highest BCUT2D eigenvalue weighted by atomic mass is 19.4. The highest BCUT2D eigenvalue weighted by Crippen LogP contribution is 2.32. The molecule has 0 radical (unpaired) electrons. The van der Waals surface area contributed by atoms with Gasteiger partial charge in [-0.1, -0.05) is 12.1 Å². The van der Waals surface area contributed by atoms with Crippen molar-refractivity contribution in [3.8, 4) is 0 Å². The summed E-state index contributed by atoms with van der Waals surface area (Å²) in [6.45, 7) is 2.87. The molecule has 0 fully saturated rings. The van der Waals surface area contributed by atoms with Gasteiger partial charge in [-0.3, -0.25) is 4.79 Å². The summed E-state index contributed by atoms with van der Waals surface area (Å²) in [6, 6.07) is 2.50. The van der Waals surface area contributed by atoms with Crippen molar-refractivity contribution in [2.75, 3.05) is 19.7 Å². The predicted molar refractivity (Wildman–Crippen MR) is 64.6 cm³/mol. The summed E-state index contributed by atoms with van der Waals surface area (Å²) in [5.41, 5.74) is -2.18. The second-order valence-corrected chi connectivity index (χ2v) is 3.93. The first-order valence-corrected chi connectivity index (χ1v) is 5.69. The van der Waals surface area contributed by atoms with E-state index in [1.54, 1.807) is 0 Å². The first-order chi connectivity index (χ1) is 9.32. The molecule has 1 N–H and O–H groups in total. The molecular weight excluding hydrogens is 278 g/mol. The summed E-state index contributed by atoms with van der Waals surface area (Å²) >= 11 is 0. The number of carbonyl (C=O) groups is 1. The quantitative estimate of drug-likeness (QED) is 0.669. The molecule has 110 valence electrons. The molecule has 0 aromatic heterocycles. The van der Waals surface area contributed by atoms with E-state index in [9.17, 15) is 22.4 Å². The molecule has 0 atom stereocenters. The summed E-state index contributed by atoms with van der Waals surface area (Å²) in [5, 5.41) is 8.81. The Balaban J connectivity index is 3.19. The standard InChI is InChI=1S/C13H13F4NO2/c1-2-6-18(7-8-19)12(20)9-4-3-5-10(11(9)14)13(15,16)17/h2-5,19H,1,6-8H2. The minimum Gasteiger partial charge on any atom is -0.395 e. The Morgan fingerprint density at radius 3 is 2.55 bits per heavy atom. The fourth-order valence-electron chi connectivity index (χ4n) is 1.64. The van der Waals surface area contributed by atoms with Gasteiger partial charge in [-0.25, -0.2) is 4.39 Å². The van der Waals surface area contributed by atoms with Crippen molar-refractivity contribution in [2.24, 2.45) is 0 Å². The number of amides is 1. The highest BCUT2D eigenvalue weighted by Gasteiger charge is 2.36. The van der Waals surface area contributed by atoms with E-state index < -0.39 is 29.0 Å². The van der Waals surface area contributed by atoms with Crippen LogP contribution in [0.5, 0.6) is 0 Å². The van der Waals surface area contributed by atoms with Crippen molar-refractivity contribution in [1.29, 1.82) is 0 Å². The van der Waals surface area contributed by atoms with Gasteiger partial charge in [0.05, 0.1) is 17.7 Å². The van der Waals surface area contributed by atoms with Gasteiger partial charge in [0.15, 0.2) is 0 Å². The molecule has 20 heavy (non-hydrogen) atoms. The third-order valence-corrected chi connectivity index (χ3v) is 2.54. The molecule has 0 aliphatic heterocycles. The molecule has 1 rings (SSSR count). The van der Waals surface area contributed by atoms with Crippen LogP contribution in [0, 0.1) is 5.82 Å². The van der Waals surface area contributed by atoms with Gasteiger partial charge >= 0.3 is 6.18 Å². The Bertz CT molecular complexity index is 500. The van der Waals surface area contributed by atoms with E-state index in [0.29, 0.717) is 6.07 Å². The molecule has 0 saturated carbocycles. The lowest BCUT2D eigenvalue weighted by atomic mass is 10.1. The number of aliphatic hydroxyl groups excluding tert-OH is 1. The number of hydrogen-bond acceptors (Lipinski definition) is 2. The SMILES string of the molecule is C=CCN(CCO)C(=O)c1cccc(C(F)(F)F)c1F. The zero-order chi connectivity index (χ0) is 15.3. The Morgan fingerprint density at radius 1 is 1.40 bits per heavy atom. The van der Waals surface area contributed by atoms with Crippen LogP contribution in [-0.2, 0) is 6.18 Å². The lowest BCUT2D eigenvalue weighted by Crippen LogP contribution is -2.34. The van der Waals surface area contributed by atoms with E-state index in [-0.39, 0.29) is 19.7 Å². The predicted octanol–water partition coefficient (Wildman–Crippen LogP) is 2.47. The summed E-state index contributed by atoms with van der Waals surface area (Å²) in [4.78, 5) is 13.0. The molecule has 0 saturated heterocycles. The maximum Gasteiger partial charge on any atom is 0.419 e. The van der Waals surface area contributed by atoms with Crippen LogP contribution in [-0.4, -0.2) is 35.6 Å². The van der Waals surface area contributed by atoms with Crippen molar-refractivity contribution in [3.05, 3.63) is 47.8 Å². The van der Waals surface area contributed by atoms with Gasteiger partial charge in [0.1, 0.15) is 5.82 Å². The van der Waals surface area contributed by atoms with Gasteiger partial charge in [0.2, 0.25) is 0 Å². The number of rotatable bonds is 5. The van der Waals surface area contributed by atoms with Crippen molar-refractivity contribution in [2.45, 2.75) is 6.18 Å². The average Bonchev–Trinajstić information content (AvgIpc) is 2.36. The minimum atomic E-state index is -4.87.